The number of aromatic nitrogens is 7. The van der Waals surface area contributed by atoms with Crippen molar-refractivity contribution in [2.45, 2.75) is 44.4 Å². The molecule has 0 aromatic carbocycles. The quantitative estimate of drug-likeness (QED) is 0.338. The molecule has 5 rings (SSSR count). The Morgan fingerprint density at radius 3 is 2.68 bits per heavy atom. The number of anilines is 3. The summed E-state index contributed by atoms with van der Waals surface area (Å²) in [7, 11) is -1.60. The first-order valence-corrected chi connectivity index (χ1v) is 13.5. The predicted octanol–water partition coefficient (Wildman–Crippen LogP) is 3.16. The van der Waals surface area contributed by atoms with E-state index in [-0.39, 0.29) is 11.3 Å². The second-order valence-electron chi connectivity index (χ2n) is 8.96. The number of nitrogens with zero attached hydrogens (tertiary/aromatic N) is 7. The second-order valence-corrected chi connectivity index (χ2v) is 11.0. The molecule has 190 valence electrons. The SMILES string of the molecule is CCC(C)Nc1cc(Nc2ccnc(-c3cnn(S(=O)(=O)C4CC4)c3)n2)ncc1C#Cc1cnn(C)c1. The van der Waals surface area contributed by atoms with E-state index in [9.17, 15) is 8.42 Å². The van der Waals surface area contributed by atoms with Crippen molar-refractivity contribution in [3.05, 3.63) is 60.4 Å². The number of aryl methyl sites for hydroxylation is 1. The minimum absolute atomic E-state index is 0.239. The summed E-state index contributed by atoms with van der Waals surface area (Å²) in [6, 6.07) is 3.85. The Kier molecular flexibility index (Phi) is 6.62. The van der Waals surface area contributed by atoms with Crippen molar-refractivity contribution < 1.29 is 8.42 Å². The summed E-state index contributed by atoms with van der Waals surface area (Å²) < 4.78 is 27.6. The maximum Gasteiger partial charge on any atom is 0.256 e. The fraction of sp³-hybridized carbons (Fsp3) is 0.320. The summed E-state index contributed by atoms with van der Waals surface area (Å²) in [6.45, 7) is 4.21. The van der Waals surface area contributed by atoms with Gasteiger partial charge in [-0.1, -0.05) is 18.8 Å². The summed E-state index contributed by atoms with van der Waals surface area (Å²) in [5.74, 6) is 7.76. The summed E-state index contributed by atoms with van der Waals surface area (Å²) in [6.07, 6.45) is 12.1. The van der Waals surface area contributed by atoms with Crippen LogP contribution in [0.4, 0.5) is 17.3 Å². The van der Waals surface area contributed by atoms with Gasteiger partial charge in [0.05, 0.1) is 46.2 Å². The smallest absolute Gasteiger partial charge is 0.256 e. The molecule has 11 nitrogen and oxygen atoms in total. The van der Waals surface area contributed by atoms with Crippen molar-refractivity contribution >= 4 is 27.3 Å². The zero-order valence-electron chi connectivity index (χ0n) is 20.8. The third kappa shape index (κ3) is 5.62. The Labute approximate surface area is 215 Å². The van der Waals surface area contributed by atoms with Crippen LogP contribution in [0.3, 0.4) is 0 Å². The molecule has 4 heterocycles. The first kappa shape index (κ1) is 24.5. The Balaban J connectivity index is 1.39. The van der Waals surface area contributed by atoms with Crippen molar-refractivity contribution in [1.82, 2.24) is 33.9 Å². The largest absolute Gasteiger partial charge is 0.381 e. The Morgan fingerprint density at radius 2 is 1.95 bits per heavy atom. The van der Waals surface area contributed by atoms with Crippen LogP contribution in [0.5, 0.6) is 0 Å². The van der Waals surface area contributed by atoms with Crippen LogP contribution in [-0.2, 0) is 17.1 Å². The number of hydrogen-bond donors (Lipinski definition) is 2. The second kappa shape index (κ2) is 10.0. The highest BCUT2D eigenvalue weighted by Crippen LogP contribution is 2.30. The van der Waals surface area contributed by atoms with E-state index in [4.69, 9.17) is 0 Å². The van der Waals surface area contributed by atoms with Crippen molar-refractivity contribution in [3.63, 3.8) is 0 Å². The Bertz CT molecular complexity index is 1590. The summed E-state index contributed by atoms with van der Waals surface area (Å²) in [5, 5.41) is 14.5. The van der Waals surface area contributed by atoms with E-state index in [1.54, 1.807) is 29.3 Å². The standard InChI is InChI=1S/C25H27N9O2S/c1-4-17(2)30-22-11-24(27-13-19(22)6-5-18-12-28-33(3)15-18)31-23-9-10-26-25(32-23)20-14-29-34(16-20)37(35,36)21-7-8-21/h9-17,21H,4,7-8H2,1-3H3,(H2,26,27,30,31,32). The summed E-state index contributed by atoms with van der Waals surface area (Å²) in [4.78, 5) is 13.3. The van der Waals surface area contributed by atoms with E-state index in [2.05, 4.69) is 61.5 Å². The zero-order chi connectivity index (χ0) is 26.0. The van der Waals surface area contributed by atoms with Crippen LogP contribution in [0.15, 0.2) is 49.3 Å². The molecule has 1 aliphatic carbocycles. The number of hydrogen-bond acceptors (Lipinski definition) is 9. The lowest BCUT2D eigenvalue weighted by Gasteiger charge is -2.16. The molecule has 0 aliphatic heterocycles. The van der Waals surface area contributed by atoms with Crippen LogP contribution < -0.4 is 10.6 Å². The van der Waals surface area contributed by atoms with E-state index in [1.165, 1.54) is 12.4 Å². The fourth-order valence-corrected chi connectivity index (χ4v) is 4.99. The highest BCUT2D eigenvalue weighted by Gasteiger charge is 2.37. The molecule has 0 saturated heterocycles. The molecule has 0 radical (unpaired) electrons. The first-order chi connectivity index (χ1) is 17.8. The lowest BCUT2D eigenvalue weighted by Crippen LogP contribution is -2.17. The number of rotatable bonds is 8. The highest BCUT2D eigenvalue weighted by molar-refractivity contribution is 7.90. The van der Waals surface area contributed by atoms with Crippen molar-refractivity contribution in [2.75, 3.05) is 10.6 Å². The van der Waals surface area contributed by atoms with E-state index < -0.39 is 10.0 Å². The average Bonchev–Trinajstić information content (AvgIpc) is 3.49. The van der Waals surface area contributed by atoms with Crippen molar-refractivity contribution in [3.8, 4) is 23.2 Å². The first-order valence-electron chi connectivity index (χ1n) is 12.0. The number of pyridine rings is 1. The van der Waals surface area contributed by atoms with Crippen LogP contribution >= 0.6 is 0 Å². The molecule has 12 heteroatoms. The van der Waals surface area contributed by atoms with Gasteiger partial charge in [-0.2, -0.15) is 14.3 Å². The molecule has 0 bridgehead atoms. The average molecular weight is 518 g/mol. The molecule has 4 aromatic heterocycles. The zero-order valence-corrected chi connectivity index (χ0v) is 21.6. The van der Waals surface area contributed by atoms with Crippen LogP contribution in [0, 0.1) is 11.8 Å². The van der Waals surface area contributed by atoms with Gasteiger partial charge in [0, 0.05) is 37.7 Å². The van der Waals surface area contributed by atoms with E-state index in [0.717, 1.165) is 27.3 Å². The molecule has 2 N–H and O–H groups in total. The summed E-state index contributed by atoms with van der Waals surface area (Å²) in [5.41, 5.74) is 2.95. The monoisotopic (exact) mass is 517 g/mol. The molecular formula is C25H27N9O2S. The fourth-order valence-electron chi connectivity index (χ4n) is 3.51. The molecule has 1 fully saturated rings. The normalized spacial score (nSPS) is 14.0. The lowest BCUT2D eigenvalue weighted by atomic mass is 10.1. The van der Waals surface area contributed by atoms with Crippen LogP contribution in [0.2, 0.25) is 0 Å². The minimum atomic E-state index is -3.45. The van der Waals surface area contributed by atoms with Gasteiger partial charge in [0.1, 0.15) is 11.6 Å². The third-order valence-electron chi connectivity index (χ3n) is 5.90. The van der Waals surface area contributed by atoms with Crippen LogP contribution in [-0.4, -0.2) is 53.6 Å². The highest BCUT2D eigenvalue weighted by atomic mass is 32.2. The van der Waals surface area contributed by atoms with Crippen molar-refractivity contribution in [1.29, 1.82) is 0 Å². The Hall–Kier alpha value is -4.24. The molecule has 0 amide bonds. The van der Waals surface area contributed by atoms with Gasteiger partial charge in [0.25, 0.3) is 10.0 Å². The lowest BCUT2D eigenvalue weighted by molar-refractivity contribution is 0.578. The van der Waals surface area contributed by atoms with E-state index in [1.807, 2.05) is 19.3 Å². The molecule has 37 heavy (non-hydrogen) atoms. The van der Waals surface area contributed by atoms with Gasteiger partial charge in [-0.05, 0) is 32.3 Å². The summed E-state index contributed by atoms with van der Waals surface area (Å²) >= 11 is 0. The molecule has 1 saturated carbocycles. The molecule has 1 unspecified atom stereocenters. The maximum absolute atomic E-state index is 12.5. The van der Waals surface area contributed by atoms with Gasteiger partial charge >= 0.3 is 0 Å². The van der Waals surface area contributed by atoms with Gasteiger partial charge in [-0.15, -0.1) is 0 Å². The predicted molar refractivity (Wildman–Crippen MR) is 141 cm³/mol. The maximum atomic E-state index is 12.5. The molecular weight excluding hydrogens is 490 g/mol. The number of nitrogens with one attached hydrogen (secondary N) is 2. The van der Waals surface area contributed by atoms with E-state index >= 15 is 0 Å². The van der Waals surface area contributed by atoms with Gasteiger partial charge in [-0.25, -0.2) is 23.4 Å². The van der Waals surface area contributed by atoms with Gasteiger partial charge in [0.2, 0.25) is 0 Å². The Morgan fingerprint density at radius 1 is 1.11 bits per heavy atom. The van der Waals surface area contributed by atoms with Crippen LogP contribution in [0.1, 0.15) is 44.2 Å². The molecule has 1 atom stereocenters. The van der Waals surface area contributed by atoms with E-state index in [0.29, 0.717) is 35.9 Å². The molecule has 1 aliphatic rings. The third-order valence-corrected chi connectivity index (χ3v) is 7.94. The minimum Gasteiger partial charge on any atom is -0.381 e. The topological polar surface area (TPSA) is 133 Å². The molecule has 0 spiro atoms. The molecule has 4 aromatic rings. The van der Waals surface area contributed by atoms with Gasteiger partial charge in [0.15, 0.2) is 5.82 Å². The van der Waals surface area contributed by atoms with Crippen LogP contribution in [0.25, 0.3) is 11.4 Å². The van der Waals surface area contributed by atoms with Crippen molar-refractivity contribution in [2.24, 2.45) is 7.05 Å². The van der Waals surface area contributed by atoms with Gasteiger partial charge < -0.3 is 10.6 Å². The van der Waals surface area contributed by atoms with Gasteiger partial charge in [-0.3, -0.25) is 4.68 Å².